The number of benzene rings is 1. The van der Waals surface area contributed by atoms with Crippen molar-refractivity contribution >= 4 is 28.3 Å². The van der Waals surface area contributed by atoms with Gasteiger partial charge in [-0.25, -0.2) is 4.98 Å². The third-order valence-electron chi connectivity index (χ3n) is 3.64. The molecule has 4 N–H and O–H groups in total. The predicted molar refractivity (Wildman–Crippen MR) is 91.9 cm³/mol. The van der Waals surface area contributed by atoms with Crippen molar-refractivity contribution in [3.05, 3.63) is 64.3 Å². The molecule has 1 unspecified atom stereocenters. The van der Waals surface area contributed by atoms with Gasteiger partial charge in [-0.15, -0.1) is 0 Å². The van der Waals surface area contributed by atoms with Gasteiger partial charge in [0.2, 0.25) is 0 Å². The molecule has 0 fully saturated rings. The van der Waals surface area contributed by atoms with Crippen LogP contribution >= 0.6 is 0 Å². The van der Waals surface area contributed by atoms with Gasteiger partial charge >= 0.3 is 0 Å². The minimum Gasteiger partial charge on any atom is -0.346 e. The second-order valence-electron chi connectivity index (χ2n) is 5.30. The van der Waals surface area contributed by atoms with Crippen LogP contribution in [0.5, 0.6) is 0 Å². The Labute approximate surface area is 137 Å². The number of azide groups is 1. The summed E-state index contributed by atoms with van der Waals surface area (Å²) in [6.45, 7) is 1.78. The number of nitrogens with two attached hydrogens (primary N) is 1. The first kappa shape index (κ1) is 15.5. The SMILES string of the molecule is CC(N)c1ccc(C(=O)Nc2ccnc3[nH]ccc23)cc1N=[N+]=[N-]. The Balaban J connectivity index is 1.94. The first-order valence-electron chi connectivity index (χ1n) is 7.28. The van der Waals surface area contributed by atoms with Gasteiger partial charge in [-0.2, -0.15) is 0 Å². The molecule has 1 atom stereocenters. The number of aromatic nitrogens is 2. The second-order valence-corrected chi connectivity index (χ2v) is 5.30. The van der Waals surface area contributed by atoms with Crippen molar-refractivity contribution in [2.75, 3.05) is 5.32 Å². The molecule has 1 aromatic carbocycles. The molecule has 0 spiro atoms. The molecule has 0 aliphatic carbocycles. The van der Waals surface area contributed by atoms with Gasteiger partial charge < -0.3 is 16.0 Å². The zero-order chi connectivity index (χ0) is 17.1. The van der Waals surface area contributed by atoms with Crippen LogP contribution in [0.4, 0.5) is 11.4 Å². The van der Waals surface area contributed by atoms with Crippen molar-refractivity contribution in [1.82, 2.24) is 9.97 Å². The Morgan fingerprint density at radius 1 is 1.42 bits per heavy atom. The quantitative estimate of drug-likeness (QED) is 0.383. The smallest absolute Gasteiger partial charge is 0.255 e. The molecule has 0 bridgehead atoms. The van der Waals surface area contributed by atoms with Crippen molar-refractivity contribution in [3.63, 3.8) is 0 Å². The summed E-state index contributed by atoms with van der Waals surface area (Å²) in [4.78, 5) is 22.5. The molecule has 0 radical (unpaired) electrons. The van der Waals surface area contributed by atoms with Crippen molar-refractivity contribution in [1.29, 1.82) is 0 Å². The number of carbonyl (C=O) groups excluding carboxylic acids is 1. The Bertz CT molecular complexity index is 954. The summed E-state index contributed by atoms with van der Waals surface area (Å²) in [5.74, 6) is -0.311. The summed E-state index contributed by atoms with van der Waals surface area (Å²) in [6, 6.07) is 8.13. The Kier molecular flexibility index (Phi) is 4.15. The molecule has 1 amide bonds. The van der Waals surface area contributed by atoms with Crippen LogP contribution in [0.1, 0.15) is 28.9 Å². The van der Waals surface area contributed by atoms with Gasteiger partial charge in [0, 0.05) is 40.0 Å². The summed E-state index contributed by atoms with van der Waals surface area (Å²) in [6.07, 6.45) is 3.36. The van der Waals surface area contributed by atoms with Crippen LogP contribution in [0.2, 0.25) is 0 Å². The van der Waals surface area contributed by atoms with E-state index >= 15 is 0 Å². The number of aromatic amines is 1. The van der Waals surface area contributed by atoms with Crippen LogP contribution in [-0.2, 0) is 0 Å². The number of carbonyl (C=O) groups is 1. The van der Waals surface area contributed by atoms with Gasteiger partial charge in [-0.1, -0.05) is 11.2 Å². The lowest BCUT2D eigenvalue weighted by Crippen LogP contribution is -2.13. The average molecular weight is 321 g/mol. The number of anilines is 1. The third-order valence-corrected chi connectivity index (χ3v) is 3.64. The number of amides is 1. The minimum atomic E-state index is -0.311. The van der Waals surface area contributed by atoms with Gasteiger partial charge in [0.25, 0.3) is 5.91 Å². The van der Waals surface area contributed by atoms with Crippen LogP contribution in [0.15, 0.2) is 47.8 Å². The topological polar surface area (TPSA) is 133 Å². The number of fused-ring (bicyclic) bond motifs is 1. The predicted octanol–water partition coefficient (Wildman–Crippen LogP) is 3.78. The van der Waals surface area contributed by atoms with Crippen LogP contribution in [-0.4, -0.2) is 15.9 Å². The molecule has 3 rings (SSSR count). The standard InChI is InChI=1S/C16H15N7O/c1-9(17)11-3-2-10(8-14(11)22-23-18)16(24)21-13-5-7-20-15-12(13)4-6-19-15/h2-9H,17H2,1H3,(H2,19,20,21,24). The number of nitrogens with zero attached hydrogens (tertiary/aromatic N) is 4. The highest BCUT2D eigenvalue weighted by Crippen LogP contribution is 2.27. The monoisotopic (exact) mass is 321 g/mol. The Morgan fingerprint density at radius 2 is 2.25 bits per heavy atom. The van der Waals surface area contributed by atoms with Gasteiger partial charge in [0.1, 0.15) is 5.65 Å². The van der Waals surface area contributed by atoms with Crippen molar-refractivity contribution in [2.24, 2.45) is 10.8 Å². The van der Waals surface area contributed by atoms with E-state index in [4.69, 9.17) is 11.3 Å². The maximum absolute atomic E-state index is 12.5. The molecule has 0 saturated heterocycles. The fourth-order valence-corrected chi connectivity index (χ4v) is 2.47. The molecule has 8 nitrogen and oxygen atoms in total. The molecule has 8 heteroatoms. The van der Waals surface area contributed by atoms with Crippen molar-refractivity contribution in [3.8, 4) is 0 Å². The second kappa shape index (κ2) is 6.41. The summed E-state index contributed by atoms with van der Waals surface area (Å²) >= 11 is 0. The molecule has 0 saturated carbocycles. The Hall–Kier alpha value is -3.35. The number of hydrogen-bond acceptors (Lipinski definition) is 4. The molecule has 2 heterocycles. The maximum Gasteiger partial charge on any atom is 0.255 e. The van der Waals surface area contributed by atoms with E-state index in [1.807, 2.05) is 6.07 Å². The van der Waals surface area contributed by atoms with E-state index in [9.17, 15) is 4.79 Å². The van der Waals surface area contributed by atoms with Crippen LogP contribution in [0, 0.1) is 0 Å². The molecule has 120 valence electrons. The zero-order valence-corrected chi connectivity index (χ0v) is 12.9. The van der Waals surface area contributed by atoms with E-state index in [2.05, 4.69) is 25.3 Å². The van der Waals surface area contributed by atoms with E-state index in [1.165, 1.54) is 6.07 Å². The molecule has 0 aliphatic rings. The van der Waals surface area contributed by atoms with Crippen molar-refractivity contribution in [2.45, 2.75) is 13.0 Å². The van der Waals surface area contributed by atoms with E-state index in [1.54, 1.807) is 37.5 Å². The fourth-order valence-electron chi connectivity index (χ4n) is 2.47. The highest BCUT2D eigenvalue weighted by molar-refractivity contribution is 6.08. The molecule has 24 heavy (non-hydrogen) atoms. The lowest BCUT2D eigenvalue weighted by atomic mass is 10.0. The normalized spacial score (nSPS) is 11.8. The van der Waals surface area contributed by atoms with Crippen LogP contribution in [0.3, 0.4) is 0 Å². The van der Waals surface area contributed by atoms with Crippen LogP contribution < -0.4 is 11.1 Å². The number of pyridine rings is 1. The first-order chi connectivity index (χ1) is 11.6. The highest BCUT2D eigenvalue weighted by Gasteiger charge is 2.13. The molecule has 0 aliphatic heterocycles. The van der Waals surface area contributed by atoms with E-state index < -0.39 is 0 Å². The van der Waals surface area contributed by atoms with E-state index in [0.717, 1.165) is 5.39 Å². The number of H-pyrrole nitrogens is 1. The largest absolute Gasteiger partial charge is 0.346 e. The molecule has 3 aromatic rings. The van der Waals surface area contributed by atoms with Crippen molar-refractivity contribution < 1.29 is 4.79 Å². The first-order valence-corrected chi connectivity index (χ1v) is 7.28. The average Bonchev–Trinajstić information content (AvgIpc) is 3.04. The summed E-state index contributed by atoms with van der Waals surface area (Å²) in [5, 5.41) is 7.28. The van der Waals surface area contributed by atoms with Gasteiger partial charge in [0.05, 0.1) is 5.69 Å². The number of nitrogens with one attached hydrogen (secondary N) is 2. The molecular weight excluding hydrogens is 306 g/mol. The Morgan fingerprint density at radius 3 is 3.00 bits per heavy atom. The molecule has 2 aromatic heterocycles. The highest BCUT2D eigenvalue weighted by atomic mass is 16.1. The maximum atomic E-state index is 12.5. The number of rotatable bonds is 4. The number of hydrogen-bond donors (Lipinski definition) is 3. The van der Waals surface area contributed by atoms with E-state index in [-0.39, 0.29) is 11.9 Å². The van der Waals surface area contributed by atoms with Gasteiger partial charge in [-0.05, 0) is 42.3 Å². The summed E-state index contributed by atoms with van der Waals surface area (Å²) in [7, 11) is 0. The lowest BCUT2D eigenvalue weighted by Gasteiger charge is -2.11. The third kappa shape index (κ3) is 2.91. The summed E-state index contributed by atoms with van der Waals surface area (Å²) in [5.41, 5.74) is 17.3. The van der Waals surface area contributed by atoms with Gasteiger partial charge in [-0.3, -0.25) is 4.79 Å². The summed E-state index contributed by atoms with van der Waals surface area (Å²) < 4.78 is 0. The fraction of sp³-hybridized carbons (Fsp3) is 0.125. The minimum absolute atomic E-state index is 0.303. The van der Waals surface area contributed by atoms with Gasteiger partial charge in [0.15, 0.2) is 0 Å². The molecular formula is C16H15N7O. The van der Waals surface area contributed by atoms with Crippen LogP contribution in [0.25, 0.3) is 21.5 Å². The zero-order valence-electron chi connectivity index (χ0n) is 12.9. The lowest BCUT2D eigenvalue weighted by molar-refractivity contribution is 0.102. The van der Waals surface area contributed by atoms with E-state index in [0.29, 0.717) is 28.1 Å².